The minimum Gasteiger partial charge on any atom is -0.376 e. The highest BCUT2D eigenvalue weighted by molar-refractivity contribution is 7.89. The molecular formula is C21H31N3O5S. The lowest BCUT2D eigenvalue weighted by Gasteiger charge is -2.27. The van der Waals surface area contributed by atoms with Crippen molar-refractivity contribution in [2.75, 3.05) is 26.2 Å². The summed E-state index contributed by atoms with van der Waals surface area (Å²) in [7, 11) is -3.80. The van der Waals surface area contributed by atoms with Gasteiger partial charge in [-0.15, -0.1) is 0 Å². The second-order valence-corrected chi connectivity index (χ2v) is 9.72. The SMILES string of the molecule is O=C(CN(C[C@@H]1CCCO1)C(=O)CNS(=O)(=O)c1ccccc1)NC1CCCCC1. The molecule has 1 aromatic carbocycles. The molecule has 8 nitrogen and oxygen atoms in total. The van der Waals surface area contributed by atoms with Crippen molar-refractivity contribution in [1.82, 2.24) is 14.9 Å². The minimum atomic E-state index is -3.80. The van der Waals surface area contributed by atoms with Gasteiger partial charge < -0.3 is 15.0 Å². The quantitative estimate of drug-likeness (QED) is 0.608. The molecule has 1 saturated heterocycles. The van der Waals surface area contributed by atoms with E-state index in [4.69, 9.17) is 4.74 Å². The molecule has 0 radical (unpaired) electrons. The molecule has 0 spiro atoms. The van der Waals surface area contributed by atoms with E-state index in [0.717, 1.165) is 38.5 Å². The van der Waals surface area contributed by atoms with Crippen LogP contribution in [0.15, 0.2) is 35.2 Å². The van der Waals surface area contributed by atoms with E-state index in [1.54, 1.807) is 18.2 Å². The van der Waals surface area contributed by atoms with E-state index in [9.17, 15) is 18.0 Å². The second-order valence-electron chi connectivity index (χ2n) is 7.95. The molecule has 2 N–H and O–H groups in total. The Bertz CT molecular complexity index is 803. The molecule has 166 valence electrons. The summed E-state index contributed by atoms with van der Waals surface area (Å²) in [6.07, 6.45) is 6.94. The van der Waals surface area contributed by atoms with Crippen LogP contribution in [-0.2, 0) is 24.3 Å². The maximum Gasteiger partial charge on any atom is 0.241 e. The van der Waals surface area contributed by atoms with Crippen molar-refractivity contribution < 1.29 is 22.7 Å². The molecule has 1 aromatic rings. The fourth-order valence-corrected chi connectivity index (χ4v) is 4.93. The predicted molar refractivity (Wildman–Crippen MR) is 112 cm³/mol. The predicted octanol–water partition coefficient (Wildman–Crippen LogP) is 1.42. The number of sulfonamides is 1. The lowest BCUT2D eigenvalue weighted by atomic mass is 9.95. The van der Waals surface area contributed by atoms with Gasteiger partial charge in [-0.05, 0) is 37.8 Å². The molecule has 2 fully saturated rings. The summed E-state index contributed by atoms with van der Waals surface area (Å²) < 4.78 is 32.8. The summed E-state index contributed by atoms with van der Waals surface area (Å²) in [6, 6.07) is 8.05. The van der Waals surface area contributed by atoms with E-state index in [-0.39, 0.29) is 36.0 Å². The number of nitrogens with one attached hydrogen (secondary N) is 2. The first kappa shape index (κ1) is 22.7. The number of rotatable bonds is 9. The Balaban J connectivity index is 1.58. The second kappa shape index (κ2) is 10.9. The van der Waals surface area contributed by atoms with Crippen LogP contribution in [0.1, 0.15) is 44.9 Å². The third-order valence-corrected chi connectivity index (χ3v) is 6.99. The Morgan fingerprint density at radius 3 is 2.43 bits per heavy atom. The summed E-state index contributed by atoms with van der Waals surface area (Å²) in [5, 5.41) is 3.02. The molecule has 0 bridgehead atoms. The van der Waals surface area contributed by atoms with Crippen LogP contribution in [0.4, 0.5) is 0 Å². The van der Waals surface area contributed by atoms with Crippen LogP contribution in [-0.4, -0.2) is 63.5 Å². The van der Waals surface area contributed by atoms with E-state index < -0.39 is 22.5 Å². The van der Waals surface area contributed by atoms with Crippen LogP contribution in [0.5, 0.6) is 0 Å². The van der Waals surface area contributed by atoms with Gasteiger partial charge in [0.15, 0.2) is 0 Å². The number of carbonyl (C=O) groups excluding carboxylic acids is 2. The fourth-order valence-electron chi connectivity index (χ4n) is 3.93. The molecule has 1 aliphatic heterocycles. The first-order chi connectivity index (χ1) is 14.4. The molecule has 1 atom stereocenters. The van der Waals surface area contributed by atoms with Crippen molar-refractivity contribution in [1.29, 1.82) is 0 Å². The molecular weight excluding hydrogens is 406 g/mol. The molecule has 0 unspecified atom stereocenters. The van der Waals surface area contributed by atoms with Crippen LogP contribution < -0.4 is 10.0 Å². The van der Waals surface area contributed by atoms with Gasteiger partial charge in [0, 0.05) is 19.2 Å². The zero-order chi connectivity index (χ0) is 21.4. The summed E-state index contributed by atoms with van der Waals surface area (Å²) in [4.78, 5) is 26.8. The van der Waals surface area contributed by atoms with Crippen LogP contribution in [0.3, 0.4) is 0 Å². The van der Waals surface area contributed by atoms with Gasteiger partial charge in [-0.25, -0.2) is 13.1 Å². The highest BCUT2D eigenvalue weighted by Crippen LogP contribution is 2.18. The van der Waals surface area contributed by atoms with Gasteiger partial charge in [-0.1, -0.05) is 37.5 Å². The zero-order valence-electron chi connectivity index (χ0n) is 17.2. The van der Waals surface area contributed by atoms with Crippen LogP contribution in [0, 0.1) is 0 Å². The molecule has 1 aliphatic carbocycles. The van der Waals surface area contributed by atoms with Gasteiger partial charge in [-0.3, -0.25) is 9.59 Å². The monoisotopic (exact) mass is 437 g/mol. The Morgan fingerprint density at radius 1 is 1.03 bits per heavy atom. The maximum absolute atomic E-state index is 12.8. The highest BCUT2D eigenvalue weighted by Gasteiger charge is 2.26. The number of ether oxygens (including phenoxy) is 1. The van der Waals surface area contributed by atoms with E-state index >= 15 is 0 Å². The van der Waals surface area contributed by atoms with Gasteiger partial charge in [-0.2, -0.15) is 0 Å². The topological polar surface area (TPSA) is 105 Å². The molecule has 2 amide bonds. The van der Waals surface area contributed by atoms with E-state index in [1.807, 2.05) is 0 Å². The van der Waals surface area contributed by atoms with Gasteiger partial charge in [0.25, 0.3) is 0 Å². The summed E-state index contributed by atoms with van der Waals surface area (Å²) in [6.45, 7) is 0.425. The molecule has 1 heterocycles. The number of benzene rings is 1. The average molecular weight is 438 g/mol. The highest BCUT2D eigenvalue weighted by atomic mass is 32.2. The lowest BCUT2D eigenvalue weighted by Crippen LogP contribution is -2.49. The van der Waals surface area contributed by atoms with Crippen molar-refractivity contribution in [3.8, 4) is 0 Å². The number of hydrogen-bond donors (Lipinski definition) is 2. The number of nitrogens with zero attached hydrogens (tertiary/aromatic N) is 1. The molecule has 0 aromatic heterocycles. The standard InChI is InChI=1S/C21H31N3O5S/c25-20(23-17-8-3-1-4-9-17)16-24(15-18-10-7-13-29-18)21(26)14-22-30(27,28)19-11-5-2-6-12-19/h2,5-6,11-12,17-18,22H,1,3-4,7-10,13-16H2,(H,23,25)/t18-/m0/s1. The summed E-state index contributed by atoms with van der Waals surface area (Å²) in [5.74, 6) is -0.650. The molecule has 2 aliphatic rings. The van der Waals surface area contributed by atoms with Crippen LogP contribution in [0.25, 0.3) is 0 Å². The van der Waals surface area contributed by atoms with Gasteiger partial charge >= 0.3 is 0 Å². The van der Waals surface area contributed by atoms with Crippen molar-refractivity contribution in [3.05, 3.63) is 30.3 Å². The Morgan fingerprint density at radius 2 is 1.77 bits per heavy atom. The number of amides is 2. The zero-order valence-corrected chi connectivity index (χ0v) is 18.0. The first-order valence-electron chi connectivity index (χ1n) is 10.7. The third-order valence-electron chi connectivity index (χ3n) is 5.57. The Hall–Kier alpha value is -1.97. The Kier molecular flexibility index (Phi) is 8.24. The normalized spacial score (nSPS) is 20.1. The van der Waals surface area contributed by atoms with Gasteiger partial charge in [0.05, 0.1) is 24.1 Å². The van der Waals surface area contributed by atoms with Crippen LogP contribution in [0.2, 0.25) is 0 Å². The van der Waals surface area contributed by atoms with Gasteiger partial charge in [0.1, 0.15) is 0 Å². The van der Waals surface area contributed by atoms with Crippen molar-refractivity contribution in [2.45, 2.75) is 62.0 Å². The van der Waals surface area contributed by atoms with Crippen molar-refractivity contribution in [3.63, 3.8) is 0 Å². The Labute approximate surface area is 178 Å². The third kappa shape index (κ3) is 6.78. The smallest absolute Gasteiger partial charge is 0.241 e. The number of carbonyl (C=O) groups is 2. The largest absolute Gasteiger partial charge is 0.376 e. The minimum absolute atomic E-state index is 0.0950. The summed E-state index contributed by atoms with van der Waals surface area (Å²) in [5.41, 5.74) is 0. The average Bonchev–Trinajstić information content (AvgIpc) is 3.26. The van der Waals surface area contributed by atoms with Crippen LogP contribution >= 0.6 is 0 Å². The summed E-state index contributed by atoms with van der Waals surface area (Å²) >= 11 is 0. The van der Waals surface area contributed by atoms with Gasteiger partial charge in [0.2, 0.25) is 21.8 Å². The van der Waals surface area contributed by atoms with E-state index in [2.05, 4.69) is 10.0 Å². The fraction of sp³-hybridized carbons (Fsp3) is 0.619. The van der Waals surface area contributed by atoms with E-state index in [0.29, 0.717) is 6.61 Å². The first-order valence-corrected chi connectivity index (χ1v) is 12.2. The van der Waals surface area contributed by atoms with Crippen molar-refractivity contribution >= 4 is 21.8 Å². The number of hydrogen-bond acceptors (Lipinski definition) is 5. The molecule has 3 rings (SSSR count). The maximum atomic E-state index is 12.8. The van der Waals surface area contributed by atoms with E-state index in [1.165, 1.54) is 23.5 Å². The molecule has 9 heteroatoms. The lowest BCUT2D eigenvalue weighted by molar-refractivity contribution is -0.136. The van der Waals surface area contributed by atoms with Crippen molar-refractivity contribution in [2.24, 2.45) is 0 Å². The molecule has 1 saturated carbocycles. The molecule has 30 heavy (non-hydrogen) atoms.